The standard InChI is InChI=1S/C20H18ClF3N6O/c1-12(18-27-11-28-30(18)17-7-25-10-26-8-17)29(9-13-2-3-13)19(31)14-4-15(20(22,23)24)6-16(21)5-14/h4-8,10-13H,2-3,9H2,1H3. The van der Waals surface area contributed by atoms with Crippen molar-refractivity contribution in [1.29, 1.82) is 0 Å². The molecule has 1 aromatic carbocycles. The lowest BCUT2D eigenvalue weighted by atomic mass is 10.1. The lowest BCUT2D eigenvalue weighted by molar-refractivity contribution is -0.137. The number of amides is 1. The largest absolute Gasteiger partial charge is 0.416 e. The molecular formula is C20H18ClF3N6O. The second kappa shape index (κ2) is 8.26. The number of hydrogen-bond donors (Lipinski definition) is 0. The number of carbonyl (C=O) groups excluding carboxylic acids is 1. The SMILES string of the molecule is CC(c1ncnn1-c1cncnc1)N(CC1CC1)C(=O)c1cc(Cl)cc(C(F)(F)F)c1. The normalized spacial score (nSPS) is 15.0. The van der Waals surface area contributed by atoms with Crippen LogP contribution >= 0.6 is 11.6 Å². The molecule has 0 bridgehead atoms. The monoisotopic (exact) mass is 450 g/mol. The molecule has 1 aliphatic carbocycles. The van der Waals surface area contributed by atoms with Crippen LogP contribution in [0.2, 0.25) is 5.02 Å². The molecule has 0 N–H and O–H groups in total. The number of rotatable bonds is 6. The quantitative estimate of drug-likeness (QED) is 0.558. The molecule has 162 valence electrons. The molecule has 1 aliphatic rings. The van der Waals surface area contributed by atoms with Crippen LogP contribution in [-0.2, 0) is 6.18 Å². The van der Waals surface area contributed by atoms with Gasteiger partial charge in [0.1, 0.15) is 18.3 Å². The predicted octanol–water partition coefficient (Wildman–Crippen LogP) is 4.34. The lowest BCUT2D eigenvalue weighted by Crippen LogP contribution is -2.36. The Morgan fingerprint density at radius 3 is 2.58 bits per heavy atom. The average Bonchev–Trinajstić information content (AvgIpc) is 3.43. The van der Waals surface area contributed by atoms with Gasteiger partial charge >= 0.3 is 6.18 Å². The van der Waals surface area contributed by atoms with Crippen LogP contribution in [0.25, 0.3) is 5.69 Å². The fourth-order valence-corrected chi connectivity index (χ4v) is 3.55. The molecule has 1 amide bonds. The van der Waals surface area contributed by atoms with Crippen molar-refractivity contribution in [2.75, 3.05) is 6.54 Å². The summed E-state index contributed by atoms with van der Waals surface area (Å²) in [5, 5.41) is 4.04. The summed E-state index contributed by atoms with van der Waals surface area (Å²) in [6.45, 7) is 2.16. The van der Waals surface area contributed by atoms with Crippen LogP contribution < -0.4 is 0 Å². The summed E-state index contributed by atoms with van der Waals surface area (Å²) in [6, 6.07) is 2.32. The van der Waals surface area contributed by atoms with Crippen molar-refractivity contribution in [2.24, 2.45) is 5.92 Å². The van der Waals surface area contributed by atoms with Gasteiger partial charge in [-0.3, -0.25) is 4.79 Å². The van der Waals surface area contributed by atoms with Gasteiger partial charge in [-0.25, -0.2) is 19.6 Å². The summed E-state index contributed by atoms with van der Waals surface area (Å²) in [5.41, 5.74) is -0.531. The second-order valence-corrected chi connectivity index (χ2v) is 7.87. The van der Waals surface area contributed by atoms with E-state index in [0.29, 0.717) is 24.0 Å². The molecule has 7 nitrogen and oxygen atoms in total. The zero-order valence-corrected chi connectivity index (χ0v) is 17.2. The van der Waals surface area contributed by atoms with Gasteiger partial charge in [-0.15, -0.1) is 0 Å². The fourth-order valence-electron chi connectivity index (χ4n) is 3.31. The van der Waals surface area contributed by atoms with Crippen molar-refractivity contribution >= 4 is 17.5 Å². The van der Waals surface area contributed by atoms with E-state index in [0.717, 1.165) is 25.0 Å². The van der Waals surface area contributed by atoms with Gasteiger partial charge in [0.25, 0.3) is 5.91 Å². The van der Waals surface area contributed by atoms with Crippen molar-refractivity contribution in [2.45, 2.75) is 32.0 Å². The molecule has 1 fully saturated rings. The van der Waals surface area contributed by atoms with Crippen molar-refractivity contribution in [3.63, 3.8) is 0 Å². The molecule has 0 aliphatic heterocycles. The van der Waals surface area contributed by atoms with Crippen LogP contribution in [0.3, 0.4) is 0 Å². The first-order chi connectivity index (χ1) is 14.7. The van der Waals surface area contributed by atoms with E-state index in [4.69, 9.17) is 11.6 Å². The van der Waals surface area contributed by atoms with Gasteiger partial charge in [0.15, 0.2) is 5.82 Å². The van der Waals surface area contributed by atoms with Crippen molar-refractivity contribution < 1.29 is 18.0 Å². The Morgan fingerprint density at radius 2 is 1.94 bits per heavy atom. The maximum absolute atomic E-state index is 13.3. The van der Waals surface area contributed by atoms with Crippen LogP contribution in [0, 0.1) is 5.92 Å². The highest BCUT2D eigenvalue weighted by Crippen LogP contribution is 2.35. The Balaban J connectivity index is 1.70. The summed E-state index contributed by atoms with van der Waals surface area (Å²) < 4.78 is 41.2. The Labute approximate surface area is 180 Å². The Morgan fingerprint density at radius 1 is 1.23 bits per heavy atom. The first kappa shape index (κ1) is 21.2. The third-order valence-electron chi connectivity index (χ3n) is 5.09. The highest BCUT2D eigenvalue weighted by molar-refractivity contribution is 6.31. The minimum Gasteiger partial charge on any atom is -0.328 e. The van der Waals surface area contributed by atoms with Gasteiger partial charge in [0.2, 0.25) is 0 Å². The van der Waals surface area contributed by atoms with Crippen LogP contribution in [0.15, 0.2) is 43.2 Å². The third kappa shape index (κ3) is 4.68. The fraction of sp³-hybridized carbons (Fsp3) is 0.350. The van der Waals surface area contributed by atoms with E-state index < -0.39 is 23.7 Å². The van der Waals surface area contributed by atoms with Gasteiger partial charge in [-0.05, 0) is 43.9 Å². The van der Waals surface area contributed by atoms with E-state index in [1.807, 2.05) is 0 Å². The topological polar surface area (TPSA) is 76.8 Å². The van der Waals surface area contributed by atoms with Gasteiger partial charge in [0, 0.05) is 17.1 Å². The van der Waals surface area contributed by atoms with Gasteiger partial charge in [-0.1, -0.05) is 11.6 Å². The maximum atomic E-state index is 13.3. The highest BCUT2D eigenvalue weighted by Gasteiger charge is 2.35. The van der Waals surface area contributed by atoms with Crippen LogP contribution in [0.1, 0.15) is 47.6 Å². The third-order valence-corrected chi connectivity index (χ3v) is 5.31. The number of nitrogens with zero attached hydrogens (tertiary/aromatic N) is 6. The van der Waals surface area contributed by atoms with Crippen molar-refractivity contribution in [3.05, 3.63) is 65.2 Å². The summed E-state index contributed by atoms with van der Waals surface area (Å²) in [4.78, 5) is 27.1. The molecule has 0 radical (unpaired) electrons. The minimum absolute atomic E-state index is 0.124. The summed E-state index contributed by atoms with van der Waals surface area (Å²) in [5.74, 6) is 0.192. The number of hydrogen-bond acceptors (Lipinski definition) is 5. The molecule has 31 heavy (non-hydrogen) atoms. The van der Waals surface area contributed by atoms with Crippen LogP contribution in [-0.4, -0.2) is 42.1 Å². The zero-order valence-electron chi connectivity index (χ0n) is 16.4. The number of halogens is 4. The molecule has 4 rings (SSSR count). The average molecular weight is 451 g/mol. The van der Waals surface area contributed by atoms with Crippen LogP contribution in [0.4, 0.5) is 13.2 Å². The zero-order chi connectivity index (χ0) is 22.2. The number of alkyl halides is 3. The molecular weight excluding hydrogens is 433 g/mol. The van der Waals surface area contributed by atoms with E-state index in [1.54, 1.807) is 19.3 Å². The predicted molar refractivity (Wildman–Crippen MR) is 106 cm³/mol. The van der Waals surface area contributed by atoms with Gasteiger partial charge in [-0.2, -0.15) is 18.3 Å². The molecule has 1 unspecified atom stereocenters. The van der Waals surface area contributed by atoms with Crippen molar-refractivity contribution in [1.82, 2.24) is 29.6 Å². The molecule has 1 saturated carbocycles. The van der Waals surface area contributed by atoms with Gasteiger partial charge < -0.3 is 4.90 Å². The van der Waals surface area contributed by atoms with E-state index in [9.17, 15) is 18.0 Å². The Bertz CT molecular complexity index is 1080. The molecule has 0 spiro atoms. The van der Waals surface area contributed by atoms with E-state index in [2.05, 4.69) is 20.1 Å². The van der Waals surface area contributed by atoms with Crippen LogP contribution in [0.5, 0.6) is 0 Å². The smallest absolute Gasteiger partial charge is 0.328 e. The lowest BCUT2D eigenvalue weighted by Gasteiger charge is -2.29. The molecule has 11 heteroatoms. The molecule has 0 saturated heterocycles. The molecule has 3 aromatic rings. The van der Waals surface area contributed by atoms with Gasteiger partial charge in [0.05, 0.1) is 24.0 Å². The molecule has 1 atom stereocenters. The van der Waals surface area contributed by atoms with E-state index in [1.165, 1.54) is 28.3 Å². The van der Waals surface area contributed by atoms with Crippen molar-refractivity contribution in [3.8, 4) is 5.69 Å². The first-order valence-corrected chi connectivity index (χ1v) is 9.96. The highest BCUT2D eigenvalue weighted by atomic mass is 35.5. The Kier molecular flexibility index (Phi) is 5.65. The summed E-state index contributed by atoms with van der Waals surface area (Å²) in [6.07, 6.45) is 3.14. The van der Waals surface area contributed by atoms with E-state index >= 15 is 0 Å². The maximum Gasteiger partial charge on any atom is 0.416 e. The summed E-state index contributed by atoms with van der Waals surface area (Å²) in [7, 11) is 0. The van der Waals surface area contributed by atoms with E-state index in [-0.39, 0.29) is 10.6 Å². The molecule has 2 heterocycles. The Hall–Kier alpha value is -3.01. The minimum atomic E-state index is -4.61. The number of benzene rings is 1. The summed E-state index contributed by atoms with van der Waals surface area (Å²) >= 11 is 5.90. The number of aromatic nitrogens is 5. The molecule has 2 aromatic heterocycles. The first-order valence-electron chi connectivity index (χ1n) is 9.58. The number of carbonyl (C=O) groups is 1. The second-order valence-electron chi connectivity index (χ2n) is 7.43.